The van der Waals surface area contributed by atoms with Gasteiger partial charge in [0, 0.05) is 4.47 Å². The zero-order valence-electron chi connectivity index (χ0n) is 7.20. The van der Waals surface area contributed by atoms with Crippen molar-refractivity contribution in [3.05, 3.63) is 28.2 Å². The number of rotatable bonds is 2. The van der Waals surface area contributed by atoms with E-state index in [0.717, 1.165) is 17.4 Å². The molecule has 1 aromatic rings. The molecule has 0 heterocycles. The molecule has 0 amide bonds. The molecule has 2 nitrogen and oxygen atoms in total. The largest absolute Gasteiger partial charge is 0.508 e. The van der Waals surface area contributed by atoms with Crippen LogP contribution >= 0.6 is 15.9 Å². The van der Waals surface area contributed by atoms with Crippen LogP contribution in [0.1, 0.15) is 17.9 Å². The summed E-state index contributed by atoms with van der Waals surface area (Å²) in [4.78, 5) is 0. The van der Waals surface area contributed by atoms with Crippen LogP contribution < -0.4 is 5.73 Å². The number of halogens is 1. The predicted molar refractivity (Wildman–Crippen MR) is 55.7 cm³/mol. The van der Waals surface area contributed by atoms with E-state index in [4.69, 9.17) is 5.73 Å². The highest BCUT2D eigenvalue weighted by Gasteiger charge is 2.38. The molecule has 1 aromatic carbocycles. The molecule has 0 bridgehead atoms. The third-order valence-electron chi connectivity index (χ3n) is 2.60. The minimum atomic E-state index is 0.334. The molecule has 1 saturated carbocycles. The van der Waals surface area contributed by atoms with Crippen LogP contribution in [0.4, 0.5) is 0 Å². The van der Waals surface area contributed by atoms with Crippen LogP contribution in [0.3, 0.4) is 0 Å². The summed E-state index contributed by atoms with van der Waals surface area (Å²) in [5, 5.41) is 9.32. The lowest BCUT2D eigenvalue weighted by Crippen LogP contribution is -2.02. The number of phenols is 1. The Bertz CT molecular complexity index is 327. The van der Waals surface area contributed by atoms with Gasteiger partial charge in [0.15, 0.2) is 0 Å². The van der Waals surface area contributed by atoms with Crippen LogP contribution in [-0.4, -0.2) is 11.7 Å². The van der Waals surface area contributed by atoms with Gasteiger partial charge in [-0.1, -0.05) is 15.9 Å². The van der Waals surface area contributed by atoms with Crippen LogP contribution in [-0.2, 0) is 0 Å². The van der Waals surface area contributed by atoms with Gasteiger partial charge in [0.05, 0.1) is 0 Å². The summed E-state index contributed by atoms with van der Waals surface area (Å²) in [6, 6.07) is 5.40. The highest BCUT2D eigenvalue weighted by atomic mass is 79.9. The molecule has 1 aliphatic rings. The molecule has 1 aliphatic carbocycles. The van der Waals surface area contributed by atoms with E-state index in [1.807, 2.05) is 12.1 Å². The maximum Gasteiger partial charge on any atom is 0.115 e. The fraction of sp³-hybridized carbons (Fsp3) is 0.400. The van der Waals surface area contributed by atoms with Crippen molar-refractivity contribution in [3.63, 3.8) is 0 Å². The van der Waals surface area contributed by atoms with Gasteiger partial charge < -0.3 is 10.8 Å². The second-order valence-corrected chi connectivity index (χ2v) is 4.40. The molecule has 70 valence electrons. The third-order valence-corrected chi connectivity index (χ3v) is 3.33. The van der Waals surface area contributed by atoms with Crippen molar-refractivity contribution in [2.45, 2.75) is 12.3 Å². The first-order valence-electron chi connectivity index (χ1n) is 4.41. The monoisotopic (exact) mass is 241 g/mol. The molecule has 2 unspecified atom stereocenters. The standard InChI is InChI=1S/C10H12BrNO/c11-10-2-1-7(13)4-9(10)8-3-6(8)5-12/h1-2,4,6,8,13H,3,5,12H2. The molecule has 0 aromatic heterocycles. The molecule has 13 heavy (non-hydrogen) atoms. The Labute approximate surface area is 85.9 Å². The molecular formula is C10H12BrNO. The van der Waals surface area contributed by atoms with Gasteiger partial charge >= 0.3 is 0 Å². The van der Waals surface area contributed by atoms with Gasteiger partial charge in [-0.05, 0) is 48.6 Å². The smallest absolute Gasteiger partial charge is 0.115 e. The Morgan fingerprint density at radius 1 is 1.54 bits per heavy atom. The van der Waals surface area contributed by atoms with Gasteiger partial charge in [-0.2, -0.15) is 0 Å². The summed E-state index contributed by atoms with van der Waals surface area (Å²) in [6.45, 7) is 0.743. The molecule has 0 spiro atoms. The van der Waals surface area contributed by atoms with Gasteiger partial charge in [-0.15, -0.1) is 0 Å². The number of nitrogens with two attached hydrogens (primary N) is 1. The molecule has 0 radical (unpaired) electrons. The van der Waals surface area contributed by atoms with Crippen molar-refractivity contribution < 1.29 is 5.11 Å². The number of hydrogen-bond acceptors (Lipinski definition) is 2. The third kappa shape index (κ3) is 1.71. The lowest BCUT2D eigenvalue weighted by molar-refractivity contribution is 0.474. The summed E-state index contributed by atoms with van der Waals surface area (Å²) in [7, 11) is 0. The lowest BCUT2D eigenvalue weighted by Gasteiger charge is -2.03. The van der Waals surface area contributed by atoms with E-state index in [9.17, 15) is 5.11 Å². The molecule has 1 fully saturated rings. The van der Waals surface area contributed by atoms with Crippen molar-refractivity contribution in [1.29, 1.82) is 0 Å². The van der Waals surface area contributed by atoms with Crippen LogP contribution in [0.15, 0.2) is 22.7 Å². The summed E-state index contributed by atoms with van der Waals surface area (Å²) in [5.41, 5.74) is 6.76. The molecular weight excluding hydrogens is 230 g/mol. The highest BCUT2D eigenvalue weighted by Crippen LogP contribution is 2.49. The second kappa shape index (κ2) is 3.31. The van der Waals surface area contributed by atoms with Crippen molar-refractivity contribution in [1.82, 2.24) is 0 Å². The Kier molecular flexibility index (Phi) is 2.30. The maximum absolute atomic E-state index is 9.32. The SMILES string of the molecule is NCC1CC1c1cc(O)ccc1Br. The average Bonchev–Trinajstić information content (AvgIpc) is 2.88. The van der Waals surface area contributed by atoms with E-state index in [2.05, 4.69) is 15.9 Å². The van der Waals surface area contributed by atoms with Crippen molar-refractivity contribution in [2.24, 2.45) is 11.7 Å². The molecule has 2 rings (SSSR count). The van der Waals surface area contributed by atoms with E-state index in [0.29, 0.717) is 17.6 Å². The van der Waals surface area contributed by atoms with E-state index < -0.39 is 0 Å². The maximum atomic E-state index is 9.32. The fourth-order valence-corrected chi connectivity index (χ4v) is 2.24. The first kappa shape index (κ1) is 9.03. The fourth-order valence-electron chi connectivity index (χ4n) is 1.70. The van der Waals surface area contributed by atoms with Gasteiger partial charge in [0.1, 0.15) is 5.75 Å². The zero-order chi connectivity index (χ0) is 9.42. The van der Waals surface area contributed by atoms with Gasteiger partial charge in [0.2, 0.25) is 0 Å². The summed E-state index contributed by atoms with van der Waals surface area (Å²) in [6.07, 6.45) is 1.15. The first-order chi connectivity index (χ1) is 6.22. The van der Waals surface area contributed by atoms with Crippen LogP contribution in [0, 0.1) is 5.92 Å². The molecule has 2 atom stereocenters. The Morgan fingerprint density at radius 3 is 2.92 bits per heavy atom. The number of aromatic hydroxyl groups is 1. The van der Waals surface area contributed by atoms with Gasteiger partial charge in [-0.25, -0.2) is 0 Å². The normalized spacial score (nSPS) is 26.0. The minimum Gasteiger partial charge on any atom is -0.508 e. The number of hydrogen-bond donors (Lipinski definition) is 2. The summed E-state index contributed by atoms with van der Waals surface area (Å²) < 4.78 is 1.08. The van der Waals surface area contributed by atoms with Gasteiger partial charge in [0.25, 0.3) is 0 Å². The van der Waals surface area contributed by atoms with Crippen molar-refractivity contribution in [3.8, 4) is 5.75 Å². The molecule has 0 saturated heterocycles. The molecule has 3 N–H and O–H groups in total. The Morgan fingerprint density at radius 2 is 2.31 bits per heavy atom. The number of benzene rings is 1. The van der Waals surface area contributed by atoms with Crippen LogP contribution in [0.25, 0.3) is 0 Å². The second-order valence-electron chi connectivity index (χ2n) is 3.54. The van der Waals surface area contributed by atoms with Crippen molar-refractivity contribution in [2.75, 3.05) is 6.54 Å². The molecule has 3 heteroatoms. The van der Waals surface area contributed by atoms with Crippen LogP contribution in [0.2, 0.25) is 0 Å². The number of phenolic OH excluding ortho intramolecular Hbond substituents is 1. The van der Waals surface area contributed by atoms with Crippen molar-refractivity contribution >= 4 is 15.9 Å². The zero-order valence-corrected chi connectivity index (χ0v) is 8.79. The Hall–Kier alpha value is -0.540. The summed E-state index contributed by atoms with van der Waals surface area (Å²) in [5.74, 6) is 1.49. The van der Waals surface area contributed by atoms with E-state index >= 15 is 0 Å². The quantitative estimate of drug-likeness (QED) is 0.835. The van der Waals surface area contributed by atoms with E-state index in [-0.39, 0.29) is 0 Å². The minimum absolute atomic E-state index is 0.334. The van der Waals surface area contributed by atoms with Gasteiger partial charge in [-0.3, -0.25) is 0 Å². The summed E-state index contributed by atoms with van der Waals surface area (Å²) >= 11 is 3.48. The highest BCUT2D eigenvalue weighted by molar-refractivity contribution is 9.10. The van der Waals surface area contributed by atoms with Crippen LogP contribution in [0.5, 0.6) is 5.75 Å². The van der Waals surface area contributed by atoms with E-state index in [1.165, 1.54) is 5.56 Å². The van der Waals surface area contributed by atoms with E-state index in [1.54, 1.807) is 6.07 Å². The predicted octanol–water partition coefficient (Wildman–Crippen LogP) is 2.22. The average molecular weight is 242 g/mol. The molecule has 0 aliphatic heterocycles. The topological polar surface area (TPSA) is 46.2 Å². The first-order valence-corrected chi connectivity index (χ1v) is 5.20. The lowest BCUT2D eigenvalue weighted by atomic mass is 10.1. The Balaban J connectivity index is 2.25.